The fourth-order valence-electron chi connectivity index (χ4n) is 4.98. The van der Waals surface area contributed by atoms with Crippen LogP contribution >= 0.6 is 0 Å². The molecule has 2 amide bonds. The van der Waals surface area contributed by atoms with E-state index in [1.807, 2.05) is 67.6 Å². The van der Waals surface area contributed by atoms with Crippen molar-refractivity contribution < 1.29 is 9.59 Å². The summed E-state index contributed by atoms with van der Waals surface area (Å²) in [5.41, 5.74) is 3.39. The molecule has 0 radical (unpaired) electrons. The van der Waals surface area contributed by atoms with Gasteiger partial charge in [-0.3, -0.25) is 9.59 Å². The van der Waals surface area contributed by atoms with E-state index in [9.17, 15) is 9.59 Å². The zero-order valence-corrected chi connectivity index (χ0v) is 18.3. The molecule has 1 unspecified atom stereocenters. The number of hydrogen-bond donors (Lipinski definition) is 0. The highest BCUT2D eigenvalue weighted by Crippen LogP contribution is 2.51. The van der Waals surface area contributed by atoms with Gasteiger partial charge in [0.1, 0.15) is 5.69 Å². The van der Waals surface area contributed by atoms with Crippen molar-refractivity contribution >= 4 is 11.8 Å². The minimum atomic E-state index is -0.350. The van der Waals surface area contributed by atoms with Crippen molar-refractivity contribution in [2.45, 2.75) is 46.6 Å². The van der Waals surface area contributed by atoms with Gasteiger partial charge in [0.05, 0.1) is 17.4 Å². The lowest BCUT2D eigenvalue weighted by molar-refractivity contribution is -0.146. The summed E-state index contributed by atoms with van der Waals surface area (Å²) in [5, 5.41) is 4.74. The topological polar surface area (TPSA) is 58.4 Å². The molecule has 0 N–H and O–H groups in total. The number of para-hydroxylation sites is 1. The molecule has 158 valence electrons. The number of likely N-dealkylation sites (tertiary alicyclic amines) is 1. The second-order valence-corrected chi connectivity index (χ2v) is 10.2. The van der Waals surface area contributed by atoms with Crippen molar-refractivity contribution in [3.8, 4) is 5.69 Å². The average molecular weight is 407 g/mol. The molecule has 1 saturated heterocycles. The summed E-state index contributed by atoms with van der Waals surface area (Å²) in [4.78, 5) is 30.1. The predicted octanol–water partition coefficient (Wildman–Crippen LogP) is 3.59. The first-order valence-electron chi connectivity index (χ1n) is 11.0. The molecule has 3 heterocycles. The van der Waals surface area contributed by atoms with Gasteiger partial charge in [0.2, 0.25) is 5.91 Å². The van der Waals surface area contributed by atoms with Crippen LogP contribution in [0.1, 0.15) is 61.4 Å². The first-order chi connectivity index (χ1) is 14.3. The predicted molar refractivity (Wildman–Crippen MR) is 114 cm³/mol. The molecule has 1 saturated carbocycles. The zero-order chi connectivity index (χ0) is 21.2. The summed E-state index contributed by atoms with van der Waals surface area (Å²) in [7, 11) is 0. The summed E-state index contributed by atoms with van der Waals surface area (Å²) in [6, 6.07) is 10.1. The third-order valence-electron chi connectivity index (χ3n) is 6.61. The number of amides is 2. The summed E-state index contributed by atoms with van der Waals surface area (Å²) in [6.07, 6.45) is 2.34. The zero-order valence-electron chi connectivity index (χ0n) is 18.3. The Morgan fingerprint density at radius 1 is 1.13 bits per heavy atom. The van der Waals surface area contributed by atoms with Gasteiger partial charge in [0, 0.05) is 36.5 Å². The third-order valence-corrected chi connectivity index (χ3v) is 6.61. The molecule has 6 nitrogen and oxygen atoms in total. The van der Waals surface area contributed by atoms with Crippen LogP contribution in [0.2, 0.25) is 0 Å². The van der Waals surface area contributed by atoms with Gasteiger partial charge in [-0.15, -0.1) is 0 Å². The van der Waals surface area contributed by atoms with Gasteiger partial charge in [-0.05, 0) is 37.8 Å². The highest BCUT2D eigenvalue weighted by Gasteiger charge is 2.50. The minimum absolute atomic E-state index is 0.0898. The van der Waals surface area contributed by atoms with Gasteiger partial charge in [-0.1, -0.05) is 39.0 Å². The van der Waals surface area contributed by atoms with Gasteiger partial charge < -0.3 is 9.80 Å². The quantitative estimate of drug-likeness (QED) is 0.780. The van der Waals surface area contributed by atoms with Crippen molar-refractivity contribution in [1.82, 2.24) is 19.6 Å². The van der Waals surface area contributed by atoms with E-state index in [-0.39, 0.29) is 23.3 Å². The third kappa shape index (κ3) is 3.04. The van der Waals surface area contributed by atoms with Crippen molar-refractivity contribution in [3.05, 3.63) is 47.3 Å². The lowest BCUT2D eigenvalue weighted by Crippen LogP contribution is -2.56. The van der Waals surface area contributed by atoms with E-state index in [1.165, 1.54) is 12.8 Å². The van der Waals surface area contributed by atoms with E-state index in [4.69, 9.17) is 5.10 Å². The van der Waals surface area contributed by atoms with Gasteiger partial charge in [0.15, 0.2) is 0 Å². The Morgan fingerprint density at radius 3 is 2.40 bits per heavy atom. The van der Waals surface area contributed by atoms with Crippen LogP contribution in [0.3, 0.4) is 0 Å². The first-order valence-corrected chi connectivity index (χ1v) is 11.0. The van der Waals surface area contributed by atoms with Crippen molar-refractivity contribution in [2.24, 2.45) is 17.3 Å². The molecule has 30 heavy (non-hydrogen) atoms. The molecule has 1 aliphatic carbocycles. The van der Waals surface area contributed by atoms with Crippen LogP contribution < -0.4 is 0 Å². The molecule has 0 spiro atoms. The Bertz CT molecular complexity index is 994. The molecule has 0 bridgehead atoms. The van der Waals surface area contributed by atoms with Crippen LogP contribution in [0.15, 0.2) is 30.3 Å². The number of carbonyl (C=O) groups is 2. The SMILES string of the molecule is Cc1nn(-c2ccccc2)c2c1C(C1CC1)N(CC1CN(C(=O)C(C)(C)C)C1)C2=O. The fraction of sp³-hybridized carbons (Fsp3) is 0.542. The van der Waals surface area contributed by atoms with E-state index < -0.39 is 0 Å². The average Bonchev–Trinajstić information content (AvgIpc) is 3.39. The number of hydrogen-bond acceptors (Lipinski definition) is 3. The Labute approximate surface area is 177 Å². The lowest BCUT2D eigenvalue weighted by atomic mass is 9.90. The molecule has 3 aliphatic rings. The maximum absolute atomic E-state index is 13.6. The van der Waals surface area contributed by atoms with Gasteiger partial charge in [-0.2, -0.15) is 5.10 Å². The van der Waals surface area contributed by atoms with E-state index in [0.717, 1.165) is 42.3 Å². The normalized spacial score (nSPS) is 21.7. The van der Waals surface area contributed by atoms with E-state index in [1.54, 1.807) is 0 Å². The molecular weight excluding hydrogens is 376 g/mol. The van der Waals surface area contributed by atoms with Crippen molar-refractivity contribution in [2.75, 3.05) is 19.6 Å². The fourth-order valence-corrected chi connectivity index (χ4v) is 4.98. The number of nitrogens with zero attached hydrogens (tertiary/aromatic N) is 4. The molecule has 6 heteroatoms. The summed E-state index contributed by atoms with van der Waals surface area (Å²) < 4.78 is 1.83. The Balaban J connectivity index is 1.39. The van der Waals surface area contributed by atoms with Crippen molar-refractivity contribution in [3.63, 3.8) is 0 Å². The van der Waals surface area contributed by atoms with Crippen LogP contribution in [0, 0.1) is 24.2 Å². The number of aryl methyl sites for hydroxylation is 1. The number of fused-ring (bicyclic) bond motifs is 1. The highest BCUT2D eigenvalue weighted by atomic mass is 16.2. The molecule has 1 aromatic heterocycles. The molecular formula is C24H30N4O2. The van der Waals surface area contributed by atoms with E-state index in [2.05, 4.69) is 4.90 Å². The van der Waals surface area contributed by atoms with Crippen LogP contribution in [0.25, 0.3) is 5.69 Å². The smallest absolute Gasteiger partial charge is 0.273 e. The second kappa shape index (κ2) is 6.69. The first kappa shape index (κ1) is 19.3. The summed E-state index contributed by atoms with van der Waals surface area (Å²) in [5.74, 6) is 1.18. The Hall–Kier alpha value is -2.63. The molecule has 5 rings (SSSR count). The number of benzene rings is 1. The standard InChI is InChI=1S/C24H30N4O2/c1-15-19-20(17-10-11-17)27(14-16-12-26(13-16)23(30)24(2,3)4)22(29)21(19)28(25-15)18-8-6-5-7-9-18/h5-9,16-17,20H,10-14H2,1-4H3. The van der Waals surface area contributed by atoms with Crippen LogP contribution in [-0.4, -0.2) is 51.0 Å². The van der Waals surface area contributed by atoms with Crippen LogP contribution in [0.4, 0.5) is 0 Å². The van der Waals surface area contributed by atoms with E-state index >= 15 is 0 Å². The van der Waals surface area contributed by atoms with Gasteiger partial charge in [-0.25, -0.2) is 4.68 Å². The van der Waals surface area contributed by atoms with Gasteiger partial charge in [0.25, 0.3) is 5.91 Å². The summed E-state index contributed by atoms with van der Waals surface area (Å²) >= 11 is 0. The maximum atomic E-state index is 13.6. The lowest BCUT2D eigenvalue weighted by Gasteiger charge is -2.44. The number of carbonyl (C=O) groups excluding carboxylic acids is 2. The van der Waals surface area contributed by atoms with Crippen molar-refractivity contribution in [1.29, 1.82) is 0 Å². The molecule has 2 aromatic rings. The van der Waals surface area contributed by atoms with Crippen LogP contribution in [0.5, 0.6) is 0 Å². The Kier molecular flexibility index (Phi) is 4.31. The highest BCUT2D eigenvalue weighted by molar-refractivity contribution is 5.98. The second-order valence-electron chi connectivity index (χ2n) is 10.2. The summed E-state index contributed by atoms with van der Waals surface area (Å²) in [6.45, 7) is 10.1. The maximum Gasteiger partial charge on any atom is 0.273 e. The largest absolute Gasteiger partial charge is 0.341 e. The van der Waals surface area contributed by atoms with E-state index in [0.29, 0.717) is 11.8 Å². The number of rotatable bonds is 4. The number of aromatic nitrogens is 2. The molecule has 1 aromatic carbocycles. The van der Waals surface area contributed by atoms with Crippen LogP contribution in [-0.2, 0) is 4.79 Å². The van der Waals surface area contributed by atoms with Gasteiger partial charge >= 0.3 is 0 Å². The monoisotopic (exact) mass is 406 g/mol. The Morgan fingerprint density at radius 2 is 1.80 bits per heavy atom. The minimum Gasteiger partial charge on any atom is -0.341 e. The molecule has 2 aliphatic heterocycles. The molecule has 1 atom stereocenters. The molecule has 2 fully saturated rings.